The Hall–Kier alpha value is -2.29. The fraction of sp³-hybridized carbons (Fsp3) is 0.364. The van der Waals surface area contributed by atoms with Crippen LogP contribution in [0.1, 0.15) is 23.8 Å². The number of carbonyl (C=O) groups is 1. The lowest BCUT2D eigenvalue weighted by Gasteiger charge is -2.05. The highest BCUT2D eigenvalue weighted by Crippen LogP contribution is 2.16. The first-order valence-electron chi connectivity index (χ1n) is 5.16. The number of terminal acetylenes is 1. The molecule has 0 spiro atoms. The first kappa shape index (κ1) is 12.8. The molecule has 90 valence electrons. The zero-order valence-corrected chi connectivity index (χ0v) is 9.47. The van der Waals surface area contributed by atoms with Crippen LogP contribution in [-0.4, -0.2) is 21.9 Å². The number of amides is 1. The molecule has 0 aliphatic heterocycles. The molecule has 17 heavy (non-hydrogen) atoms. The maximum Gasteiger partial charge on any atom is 0.287 e. The van der Waals surface area contributed by atoms with Crippen LogP contribution in [0, 0.1) is 22.5 Å². The molecule has 1 aromatic rings. The van der Waals surface area contributed by atoms with E-state index in [0.29, 0.717) is 19.5 Å². The zero-order valence-electron chi connectivity index (χ0n) is 9.47. The molecule has 0 aliphatic rings. The second kappa shape index (κ2) is 5.70. The van der Waals surface area contributed by atoms with Crippen LogP contribution < -0.4 is 5.32 Å². The first-order chi connectivity index (χ1) is 8.10. The van der Waals surface area contributed by atoms with Gasteiger partial charge in [-0.05, 0) is 6.92 Å². The molecule has 0 fully saturated rings. The molecular weight excluding hydrogens is 222 g/mol. The summed E-state index contributed by atoms with van der Waals surface area (Å²) < 4.78 is 1.53. The summed E-state index contributed by atoms with van der Waals surface area (Å²) >= 11 is 0. The minimum absolute atomic E-state index is 0.0889. The molecule has 1 amide bonds. The Bertz CT molecular complexity index is 471. The molecule has 1 N–H and O–H groups in total. The van der Waals surface area contributed by atoms with Crippen molar-refractivity contribution >= 4 is 11.6 Å². The predicted molar refractivity (Wildman–Crippen MR) is 62.5 cm³/mol. The molecule has 1 heterocycles. The van der Waals surface area contributed by atoms with Crippen LogP contribution in [0.25, 0.3) is 0 Å². The van der Waals surface area contributed by atoms with Crippen molar-refractivity contribution in [1.82, 2.24) is 9.88 Å². The number of aromatic nitrogens is 1. The zero-order chi connectivity index (χ0) is 12.8. The van der Waals surface area contributed by atoms with E-state index in [9.17, 15) is 14.9 Å². The quantitative estimate of drug-likeness (QED) is 0.360. The number of carbonyl (C=O) groups excluding carboxylic acids is 1. The Labute approximate surface area is 98.8 Å². The fourth-order valence-corrected chi connectivity index (χ4v) is 1.39. The van der Waals surface area contributed by atoms with Gasteiger partial charge in [-0.15, -0.1) is 12.3 Å². The molecule has 0 aliphatic carbocycles. The van der Waals surface area contributed by atoms with Crippen molar-refractivity contribution in [2.24, 2.45) is 0 Å². The van der Waals surface area contributed by atoms with Crippen LogP contribution in [-0.2, 0) is 6.54 Å². The predicted octanol–water partition coefficient (Wildman–Crippen LogP) is 1.17. The molecule has 1 aromatic heterocycles. The Morgan fingerprint density at radius 3 is 2.94 bits per heavy atom. The maximum absolute atomic E-state index is 11.7. The number of nitrogens with zero attached hydrogens (tertiary/aromatic N) is 2. The summed E-state index contributed by atoms with van der Waals surface area (Å²) in [5.74, 6) is 2.05. The van der Waals surface area contributed by atoms with Crippen LogP contribution >= 0.6 is 0 Å². The highest BCUT2D eigenvalue weighted by molar-refractivity contribution is 5.93. The lowest BCUT2D eigenvalue weighted by Crippen LogP contribution is -2.26. The van der Waals surface area contributed by atoms with Crippen molar-refractivity contribution in [3.05, 3.63) is 28.1 Å². The first-order valence-corrected chi connectivity index (χ1v) is 5.16. The van der Waals surface area contributed by atoms with E-state index in [-0.39, 0.29) is 17.3 Å². The van der Waals surface area contributed by atoms with Gasteiger partial charge in [0.2, 0.25) is 0 Å². The second-order valence-corrected chi connectivity index (χ2v) is 3.34. The van der Waals surface area contributed by atoms with Crippen molar-refractivity contribution in [3.63, 3.8) is 0 Å². The largest absolute Gasteiger partial charge is 0.350 e. The van der Waals surface area contributed by atoms with E-state index in [1.165, 1.54) is 16.8 Å². The van der Waals surface area contributed by atoms with Crippen LogP contribution in [0.5, 0.6) is 0 Å². The molecule has 6 nitrogen and oxygen atoms in total. The van der Waals surface area contributed by atoms with Gasteiger partial charge in [-0.1, -0.05) is 0 Å². The third kappa shape index (κ3) is 3.08. The highest BCUT2D eigenvalue weighted by Gasteiger charge is 2.17. The monoisotopic (exact) mass is 235 g/mol. The summed E-state index contributed by atoms with van der Waals surface area (Å²) in [6.45, 7) is 2.66. The molecule has 0 radical (unpaired) electrons. The minimum Gasteiger partial charge on any atom is -0.350 e. The molecule has 0 bridgehead atoms. The fourth-order valence-electron chi connectivity index (χ4n) is 1.39. The normalized spacial score (nSPS) is 9.65. The summed E-state index contributed by atoms with van der Waals surface area (Å²) in [5, 5.41) is 13.2. The van der Waals surface area contributed by atoms with Gasteiger partial charge >= 0.3 is 0 Å². The number of rotatable bonds is 5. The van der Waals surface area contributed by atoms with Crippen LogP contribution in [0.2, 0.25) is 0 Å². The SMILES string of the molecule is C#CCCNC(=O)c1cc([N+](=O)[O-])cn1CC. The number of nitrogens with one attached hydrogen (secondary N) is 1. The summed E-state index contributed by atoms with van der Waals surface area (Å²) in [6, 6.07) is 1.26. The topological polar surface area (TPSA) is 77.2 Å². The summed E-state index contributed by atoms with van der Waals surface area (Å²) in [4.78, 5) is 21.8. The smallest absolute Gasteiger partial charge is 0.287 e. The maximum atomic E-state index is 11.7. The molecule has 1 rings (SSSR count). The Balaban J connectivity index is 2.85. The highest BCUT2D eigenvalue weighted by atomic mass is 16.6. The molecule has 6 heteroatoms. The van der Waals surface area contributed by atoms with Gasteiger partial charge in [0, 0.05) is 25.6 Å². The van der Waals surface area contributed by atoms with Crippen molar-refractivity contribution in [1.29, 1.82) is 0 Å². The third-order valence-electron chi connectivity index (χ3n) is 2.22. The van der Waals surface area contributed by atoms with E-state index in [1.54, 1.807) is 0 Å². The van der Waals surface area contributed by atoms with Gasteiger partial charge < -0.3 is 9.88 Å². The van der Waals surface area contributed by atoms with E-state index in [1.807, 2.05) is 6.92 Å². The molecule has 0 saturated heterocycles. The Morgan fingerprint density at radius 2 is 2.41 bits per heavy atom. The van der Waals surface area contributed by atoms with Crippen LogP contribution in [0.15, 0.2) is 12.3 Å². The Morgan fingerprint density at radius 1 is 1.71 bits per heavy atom. The summed E-state index contributed by atoms with van der Waals surface area (Å²) in [7, 11) is 0. The van der Waals surface area contributed by atoms with E-state index < -0.39 is 4.92 Å². The van der Waals surface area contributed by atoms with Gasteiger partial charge in [0.25, 0.3) is 11.6 Å². The van der Waals surface area contributed by atoms with E-state index >= 15 is 0 Å². The van der Waals surface area contributed by atoms with Gasteiger partial charge in [0.1, 0.15) is 5.69 Å². The van der Waals surface area contributed by atoms with Gasteiger partial charge in [0.15, 0.2) is 0 Å². The second-order valence-electron chi connectivity index (χ2n) is 3.34. The van der Waals surface area contributed by atoms with Gasteiger partial charge in [-0.3, -0.25) is 14.9 Å². The van der Waals surface area contributed by atoms with Crippen molar-refractivity contribution in [2.45, 2.75) is 19.9 Å². The molecule has 0 atom stereocenters. The van der Waals surface area contributed by atoms with Crippen LogP contribution in [0.3, 0.4) is 0 Å². The lowest BCUT2D eigenvalue weighted by molar-refractivity contribution is -0.384. The number of hydrogen-bond donors (Lipinski definition) is 1. The summed E-state index contributed by atoms with van der Waals surface area (Å²) in [6.07, 6.45) is 6.83. The summed E-state index contributed by atoms with van der Waals surface area (Å²) in [5.41, 5.74) is 0.185. The molecule has 0 aromatic carbocycles. The molecular formula is C11H13N3O3. The average Bonchev–Trinajstić information content (AvgIpc) is 2.73. The van der Waals surface area contributed by atoms with Gasteiger partial charge in [-0.25, -0.2) is 0 Å². The minimum atomic E-state index is -0.523. The molecule has 0 saturated carbocycles. The van der Waals surface area contributed by atoms with E-state index in [0.717, 1.165) is 0 Å². The standard InChI is InChI=1S/C11H13N3O3/c1-3-5-6-12-11(15)10-7-9(14(16)17)8-13(10)4-2/h1,7-8H,4-6H2,2H3,(H,12,15). The van der Waals surface area contributed by atoms with Crippen molar-refractivity contribution < 1.29 is 9.72 Å². The number of hydrogen-bond acceptors (Lipinski definition) is 3. The lowest BCUT2D eigenvalue weighted by atomic mass is 10.3. The van der Waals surface area contributed by atoms with Gasteiger partial charge in [-0.2, -0.15) is 0 Å². The van der Waals surface area contributed by atoms with Crippen LogP contribution in [0.4, 0.5) is 5.69 Å². The Kier molecular flexibility index (Phi) is 4.29. The number of nitro groups is 1. The van der Waals surface area contributed by atoms with Gasteiger partial charge in [0.05, 0.1) is 11.1 Å². The molecule has 0 unspecified atom stereocenters. The average molecular weight is 235 g/mol. The van der Waals surface area contributed by atoms with E-state index in [4.69, 9.17) is 6.42 Å². The number of aryl methyl sites for hydroxylation is 1. The van der Waals surface area contributed by atoms with E-state index in [2.05, 4.69) is 11.2 Å². The van der Waals surface area contributed by atoms with Crippen molar-refractivity contribution in [2.75, 3.05) is 6.54 Å². The van der Waals surface area contributed by atoms with Crippen molar-refractivity contribution in [3.8, 4) is 12.3 Å². The third-order valence-corrected chi connectivity index (χ3v) is 2.22.